The minimum atomic E-state index is 0.0701. The van der Waals surface area contributed by atoms with Crippen LogP contribution in [0.25, 0.3) is 0 Å². The Morgan fingerprint density at radius 2 is 2.05 bits per heavy atom. The van der Waals surface area contributed by atoms with Crippen LogP contribution < -0.4 is 10.6 Å². The summed E-state index contributed by atoms with van der Waals surface area (Å²) in [7, 11) is 0. The zero-order valence-corrected chi connectivity index (χ0v) is 13.6. The highest BCUT2D eigenvalue weighted by molar-refractivity contribution is 5.76. The van der Waals surface area contributed by atoms with E-state index in [1.54, 1.807) is 18.5 Å². The van der Waals surface area contributed by atoms with E-state index in [9.17, 15) is 4.79 Å². The maximum Gasteiger partial charge on any atom is 0.222 e. The van der Waals surface area contributed by atoms with Gasteiger partial charge in [0.15, 0.2) is 0 Å². The average Bonchev–Trinajstić information content (AvgIpc) is 2.54. The fourth-order valence-electron chi connectivity index (χ4n) is 2.63. The Bertz CT molecular complexity index is 445. The smallest absolute Gasteiger partial charge is 0.222 e. The van der Waals surface area contributed by atoms with E-state index < -0.39 is 0 Å². The summed E-state index contributed by atoms with van der Waals surface area (Å²) in [5.41, 5.74) is 0. The maximum absolute atomic E-state index is 11.9. The molecule has 1 atom stereocenters. The van der Waals surface area contributed by atoms with Gasteiger partial charge in [-0.2, -0.15) is 0 Å². The van der Waals surface area contributed by atoms with E-state index in [2.05, 4.69) is 39.3 Å². The number of piperidine rings is 1. The number of aromatic nitrogens is 2. The Hall–Kier alpha value is -1.69. The van der Waals surface area contributed by atoms with Crippen LogP contribution in [-0.4, -0.2) is 53.0 Å². The van der Waals surface area contributed by atoms with Crippen LogP contribution in [0.5, 0.6) is 0 Å². The summed E-state index contributed by atoms with van der Waals surface area (Å²) < 4.78 is 0. The van der Waals surface area contributed by atoms with Crippen molar-refractivity contribution in [3.05, 3.63) is 18.5 Å². The molecule has 0 unspecified atom stereocenters. The van der Waals surface area contributed by atoms with Gasteiger partial charge in [-0.05, 0) is 44.8 Å². The number of amides is 1. The summed E-state index contributed by atoms with van der Waals surface area (Å²) in [5, 5.41) is 6.05. The van der Waals surface area contributed by atoms with Gasteiger partial charge in [-0.15, -0.1) is 0 Å². The van der Waals surface area contributed by atoms with Crippen molar-refractivity contribution in [1.82, 2.24) is 20.2 Å². The van der Waals surface area contributed by atoms with Gasteiger partial charge in [0.2, 0.25) is 11.9 Å². The Balaban J connectivity index is 1.59. The normalized spacial score (nSPS) is 17.9. The van der Waals surface area contributed by atoms with Crippen molar-refractivity contribution in [2.45, 2.75) is 39.2 Å². The highest BCUT2D eigenvalue weighted by Gasteiger charge is 2.20. The summed E-state index contributed by atoms with van der Waals surface area (Å²) in [4.78, 5) is 22.4. The maximum atomic E-state index is 11.9. The van der Waals surface area contributed by atoms with E-state index >= 15 is 0 Å². The minimum absolute atomic E-state index is 0.0701. The van der Waals surface area contributed by atoms with Gasteiger partial charge in [0.05, 0.1) is 0 Å². The van der Waals surface area contributed by atoms with Gasteiger partial charge in [-0.1, -0.05) is 6.92 Å². The molecule has 0 bridgehead atoms. The van der Waals surface area contributed by atoms with E-state index in [1.165, 1.54) is 12.8 Å². The number of hydrogen-bond donors (Lipinski definition) is 2. The summed E-state index contributed by atoms with van der Waals surface area (Å²) in [6.07, 6.45) is 6.31. The third kappa shape index (κ3) is 5.60. The summed E-state index contributed by atoms with van der Waals surface area (Å²) in [5.74, 6) is 1.47. The van der Waals surface area contributed by atoms with Crippen molar-refractivity contribution in [3.8, 4) is 0 Å². The van der Waals surface area contributed by atoms with Crippen LogP contribution >= 0.6 is 0 Å². The topological polar surface area (TPSA) is 70.2 Å². The lowest BCUT2D eigenvalue weighted by atomic mass is 9.98. The average molecular weight is 305 g/mol. The van der Waals surface area contributed by atoms with E-state index in [0.29, 0.717) is 25.0 Å². The van der Waals surface area contributed by atoms with Crippen molar-refractivity contribution in [1.29, 1.82) is 0 Å². The van der Waals surface area contributed by atoms with E-state index in [1.807, 2.05) is 0 Å². The van der Waals surface area contributed by atoms with E-state index in [4.69, 9.17) is 0 Å². The quantitative estimate of drug-likeness (QED) is 0.799. The first-order valence-electron chi connectivity index (χ1n) is 8.17. The lowest BCUT2D eigenvalue weighted by Crippen LogP contribution is -2.45. The van der Waals surface area contributed by atoms with Crippen LogP contribution in [0.3, 0.4) is 0 Å². The molecule has 0 aromatic carbocycles. The van der Waals surface area contributed by atoms with E-state index in [-0.39, 0.29) is 5.91 Å². The van der Waals surface area contributed by atoms with Crippen molar-refractivity contribution in [3.63, 3.8) is 0 Å². The second-order valence-electron chi connectivity index (χ2n) is 6.12. The number of likely N-dealkylation sites (tertiary alicyclic amines) is 1. The predicted molar refractivity (Wildman–Crippen MR) is 87.6 cm³/mol. The first-order valence-corrected chi connectivity index (χ1v) is 8.17. The SMILES string of the molecule is CC1CCN([C@H](C)CNC(=O)CCNc2ncccn2)CC1. The van der Waals surface area contributed by atoms with Gasteiger partial charge < -0.3 is 10.6 Å². The molecule has 22 heavy (non-hydrogen) atoms. The second-order valence-corrected chi connectivity index (χ2v) is 6.12. The summed E-state index contributed by atoms with van der Waals surface area (Å²) in [6, 6.07) is 2.17. The Morgan fingerprint density at radius 1 is 1.36 bits per heavy atom. The lowest BCUT2D eigenvalue weighted by molar-refractivity contribution is -0.121. The number of carbonyl (C=O) groups excluding carboxylic acids is 1. The number of hydrogen-bond acceptors (Lipinski definition) is 5. The van der Waals surface area contributed by atoms with Gasteiger partial charge in [-0.25, -0.2) is 9.97 Å². The molecule has 122 valence electrons. The molecule has 1 saturated heterocycles. The van der Waals surface area contributed by atoms with Gasteiger partial charge in [0.1, 0.15) is 0 Å². The molecular weight excluding hydrogens is 278 g/mol. The van der Waals surface area contributed by atoms with Crippen LogP contribution in [0, 0.1) is 5.92 Å². The standard InChI is InChI=1S/C16H27N5O/c1-13-5-10-21(11-6-13)14(2)12-20-15(22)4-9-19-16-17-7-3-8-18-16/h3,7-8,13-14H,4-6,9-12H2,1-2H3,(H,20,22)(H,17,18,19)/t14-/m1/s1. The van der Waals surface area contributed by atoms with Crippen molar-refractivity contribution in [2.24, 2.45) is 5.92 Å². The number of nitrogens with zero attached hydrogens (tertiary/aromatic N) is 3. The molecular formula is C16H27N5O. The van der Waals surface area contributed by atoms with Crippen molar-refractivity contribution >= 4 is 11.9 Å². The first kappa shape index (κ1) is 16.7. The molecule has 2 rings (SSSR count). The van der Waals surface area contributed by atoms with Gasteiger partial charge in [0.25, 0.3) is 0 Å². The Morgan fingerprint density at radius 3 is 2.73 bits per heavy atom. The lowest BCUT2D eigenvalue weighted by Gasteiger charge is -2.35. The molecule has 0 aliphatic carbocycles. The third-order valence-electron chi connectivity index (χ3n) is 4.24. The molecule has 1 fully saturated rings. The molecule has 1 amide bonds. The number of anilines is 1. The molecule has 1 aliphatic heterocycles. The molecule has 6 heteroatoms. The minimum Gasteiger partial charge on any atom is -0.354 e. The van der Waals surface area contributed by atoms with Crippen LogP contribution in [0.4, 0.5) is 5.95 Å². The monoisotopic (exact) mass is 305 g/mol. The molecule has 1 aromatic rings. The largest absolute Gasteiger partial charge is 0.354 e. The third-order valence-corrected chi connectivity index (χ3v) is 4.24. The summed E-state index contributed by atoms with van der Waals surface area (Å²) >= 11 is 0. The highest BCUT2D eigenvalue weighted by Crippen LogP contribution is 2.17. The molecule has 2 heterocycles. The van der Waals surface area contributed by atoms with Gasteiger partial charge >= 0.3 is 0 Å². The highest BCUT2D eigenvalue weighted by atomic mass is 16.1. The molecule has 2 N–H and O–H groups in total. The van der Waals surface area contributed by atoms with Crippen LogP contribution in [-0.2, 0) is 4.79 Å². The Labute approximate surface area is 132 Å². The molecule has 1 aliphatic rings. The van der Waals surface area contributed by atoms with Gasteiger partial charge in [0, 0.05) is 37.9 Å². The molecule has 0 spiro atoms. The zero-order valence-electron chi connectivity index (χ0n) is 13.6. The number of nitrogens with one attached hydrogen (secondary N) is 2. The van der Waals surface area contributed by atoms with Crippen LogP contribution in [0.2, 0.25) is 0 Å². The van der Waals surface area contributed by atoms with Gasteiger partial charge in [-0.3, -0.25) is 9.69 Å². The molecule has 0 saturated carbocycles. The summed E-state index contributed by atoms with van der Waals surface area (Å²) in [6.45, 7) is 8.05. The molecule has 6 nitrogen and oxygen atoms in total. The Kier molecular flexibility index (Phi) is 6.58. The zero-order chi connectivity index (χ0) is 15.8. The van der Waals surface area contributed by atoms with Crippen molar-refractivity contribution in [2.75, 3.05) is 31.5 Å². The number of carbonyl (C=O) groups is 1. The second kappa shape index (κ2) is 8.68. The molecule has 1 aromatic heterocycles. The number of rotatable bonds is 7. The molecule has 0 radical (unpaired) electrons. The fraction of sp³-hybridized carbons (Fsp3) is 0.688. The van der Waals surface area contributed by atoms with E-state index in [0.717, 1.165) is 25.6 Å². The van der Waals surface area contributed by atoms with Crippen molar-refractivity contribution < 1.29 is 4.79 Å². The fourth-order valence-corrected chi connectivity index (χ4v) is 2.63. The van der Waals surface area contributed by atoms with Crippen LogP contribution in [0.15, 0.2) is 18.5 Å². The predicted octanol–water partition coefficient (Wildman–Crippen LogP) is 1.52. The van der Waals surface area contributed by atoms with Crippen LogP contribution in [0.1, 0.15) is 33.1 Å². The first-order chi connectivity index (χ1) is 10.6.